The average Bonchev–Trinajstić information content (AvgIpc) is 2.99. The second-order valence-electron chi connectivity index (χ2n) is 6.61. The van der Waals surface area contributed by atoms with Crippen LogP contribution in [0.25, 0.3) is 0 Å². The van der Waals surface area contributed by atoms with Gasteiger partial charge in [0.2, 0.25) is 5.91 Å². The molecule has 0 bridgehead atoms. The van der Waals surface area contributed by atoms with Crippen LogP contribution in [0.4, 0.5) is 0 Å². The molecule has 1 N–H and O–H groups in total. The van der Waals surface area contributed by atoms with Crippen LogP contribution in [-0.2, 0) is 11.3 Å². The number of rotatable bonds is 8. The van der Waals surface area contributed by atoms with Gasteiger partial charge in [0.25, 0.3) is 5.91 Å². The minimum atomic E-state index is -0.0536. The van der Waals surface area contributed by atoms with E-state index in [0.29, 0.717) is 31.1 Å². The molecule has 0 spiro atoms. The Kier molecular flexibility index (Phi) is 6.79. The summed E-state index contributed by atoms with van der Waals surface area (Å²) in [5, 5.41) is 2.98. The van der Waals surface area contributed by atoms with Gasteiger partial charge in [-0.2, -0.15) is 0 Å². The zero-order valence-corrected chi connectivity index (χ0v) is 15.0. The Bertz CT molecular complexity index is 573. The molecule has 1 saturated heterocycles. The van der Waals surface area contributed by atoms with E-state index in [-0.39, 0.29) is 11.8 Å². The zero-order chi connectivity index (χ0) is 17.5. The highest BCUT2D eigenvalue weighted by Crippen LogP contribution is 2.15. The standard InChI is InChI=1S/C19H29N3O2/c1-4-15(2)21(3)12-10-20-19(24)17-8-5-7-16(13-17)14-22-11-6-9-18(22)23/h5,7-8,13,15H,4,6,9-12,14H2,1-3H3,(H,20,24). The molecule has 5 nitrogen and oxygen atoms in total. The average molecular weight is 331 g/mol. The quantitative estimate of drug-likeness (QED) is 0.795. The second kappa shape index (κ2) is 8.83. The summed E-state index contributed by atoms with van der Waals surface area (Å²) in [6.45, 7) is 7.23. The highest BCUT2D eigenvalue weighted by molar-refractivity contribution is 5.94. The van der Waals surface area contributed by atoms with Crippen LogP contribution in [0.2, 0.25) is 0 Å². The first-order chi connectivity index (χ1) is 11.5. The number of carbonyl (C=O) groups excluding carboxylic acids is 2. The maximum absolute atomic E-state index is 12.3. The normalized spacial score (nSPS) is 15.8. The molecule has 2 amide bonds. The Morgan fingerprint density at radius 1 is 1.42 bits per heavy atom. The van der Waals surface area contributed by atoms with Crippen LogP contribution < -0.4 is 5.32 Å². The van der Waals surface area contributed by atoms with E-state index in [1.807, 2.05) is 29.2 Å². The van der Waals surface area contributed by atoms with E-state index in [1.165, 1.54) is 0 Å². The van der Waals surface area contributed by atoms with E-state index >= 15 is 0 Å². The van der Waals surface area contributed by atoms with Crippen molar-refractivity contribution < 1.29 is 9.59 Å². The van der Waals surface area contributed by atoms with Gasteiger partial charge in [-0.15, -0.1) is 0 Å². The van der Waals surface area contributed by atoms with Crippen LogP contribution in [0.15, 0.2) is 24.3 Å². The van der Waals surface area contributed by atoms with Crippen molar-refractivity contribution in [2.45, 2.75) is 45.7 Å². The van der Waals surface area contributed by atoms with Crippen molar-refractivity contribution in [2.24, 2.45) is 0 Å². The Hall–Kier alpha value is -1.88. The van der Waals surface area contributed by atoms with Crippen LogP contribution in [0.3, 0.4) is 0 Å². The molecule has 0 saturated carbocycles. The van der Waals surface area contributed by atoms with Crippen LogP contribution >= 0.6 is 0 Å². The molecule has 0 radical (unpaired) electrons. The first kappa shape index (κ1) is 18.5. The molecular weight excluding hydrogens is 302 g/mol. The summed E-state index contributed by atoms with van der Waals surface area (Å²) >= 11 is 0. The number of hydrogen-bond acceptors (Lipinski definition) is 3. The van der Waals surface area contributed by atoms with Crippen LogP contribution in [-0.4, -0.2) is 54.3 Å². The summed E-state index contributed by atoms with van der Waals surface area (Å²) in [7, 11) is 2.08. The minimum absolute atomic E-state index is 0.0536. The smallest absolute Gasteiger partial charge is 0.251 e. The van der Waals surface area contributed by atoms with E-state index in [0.717, 1.165) is 31.5 Å². The number of nitrogens with zero attached hydrogens (tertiary/aromatic N) is 2. The molecule has 1 aromatic rings. The Morgan fingerprint density at radius 3 is 2.88 bits per heavy atom. The lowest BCUT2D eigenvalue weighted by Gasteiger charge is -2.23. The van der Waals surface area contributed by atoms with Gasteiger partial charge in [0.1, 0.15) is 0 Å². The summed E-state index contributed by atoms with van der Waals surface area (Å²) in [5.41, 5.74) is 1.67. The molecule has 1 aliphatic rings. The first-order valence-corrected chi connectivity index (χ1v) is 8.86. The van der Waals surface area contributed by atoms with Crippen molar-refractivity contribution in [3.8, 4) is 0 Å². The maximum atomic E-state index is 12.3. The van der Waals surface area contributed by atoms with E-state index in [1.54, 1.807) is 0 Å². The van der Waals surface area contributed by atoms with Gasteiger partial charge >= 0.3 is 0 Å². The fourth-order valence-corrected chi connectivity index (χ4v) is 2.88. The molecule has 1 heterocycles. The van der Waals surface area contributed by atoms with E-state index in [9.17, 15) is 9.59 Å². The molecule has 0 aromatic heterocycles. The molecule has 1 aromatic carbocycles. The third-order valence-electron chi connectivity index (χ3n) is 4.83. The zero-order valence-electron chi connectivity index (χ0n) is 15.0. The van der Waals surface area contributed by atoms with Crippen LogP contribution in [0.5, 0.6) is 0 Å². The van der Waals surface area contributed by atoms with Crippen molar-refractivity contribution in [1.29, 1.82) is 0 Å². The second-order valence-corrected chi connectivity index (χ2v) is 6.61. The van der Waals surface area contributed by atoms with Crippen LogP contribution in [0, 0.1) is 0 Å². The van der Waals surface area contributed by atoms with Gasteiger partial charge in [0.15, 0.2) is 0 Å². The number of hydrogen-bond donors (Lipinski definition) is 1. The van der Waals surface area contributed by atoms with E-state index < -0.39 is 0 Å². The fraction of sp³-hybridized carbons (Fsp3) is 0.579. The van der Waals surface area contributed by atoms with Crippen molar-refractivity contribution in [1.82, 2.24) is 15.1 Å². The van der Waals surface area contributed by atoms with Gasteiger partial charge in [-0.25, -0.2) is 0 Å². The molecule has 132 valence electrons. The SMILES string of the molecule is CCC(C)N(C)CCNC(=O)c1cccc(CN2CCCC2=O)c1. The van der Waals surface area contributed by atoms with Gasteiger partial charge in [-0.3, -0.25) is 9.59 Å². The monoisotopic (exact) mass is 331 g/mol. The summed E-state index contributed by atoms with van der Waals surface area (Å²) in [4.78, 5) is 28.1. The van der Waals surface area contributed by atoms with Crippen LogP contribution in [0.1, 0.15) is 49.0 Å². The highest BCUT2D eigenvalue weighted by atomic mass is 16.2. The summed E-state index contributed by atoms with van der Waals surface area (Å²) in [6.07, 6.45) is 2.67. The molecule has 24 heavy (non-hydrogen) atoms. The highest BCUT2D eigenvalue weighted by Gasteiger charge is 2.20. The molecule has 1 atom stereocenters. The number of benzene rings is 1. The van der Waals surface area contributed by atoms with E-state index in [4.69, 9.17) is 0 Å². The van der Waals surface area contributed by atoms with Gasteiger partial charge < -0.3 is 15.1 Å². The number of likely N-dealkylation sites (tertiary alicyclic amines) is 1. The number of likely N-dealkylation sites (N-methyl/N-ethyl adjacent to an activating group) is 1. The number of nitrogens with one attached hydrogen (secondary N) is 1. The molecular formula is C19H29N3O2. The molecule has 1 aliphatic heterocycles. The van der Waals surface area contributed by atoms with Gasteiger partial charge in [-0.1, -0.05) is 19.1 Å². The number of amides is 2. The molecule has 1 fully saturated rings. The molecule has 5 heteroatoms. The topological polar surface area (TPSA) is 52.7 Å². The summed E-state index contributed by atoms with van der Waals surface area (Å²) in [5.74, 6) is 0.153. The Labute approximate surface area is 145 Å². The summed E-state index contributed by atoms with van der Waals surface area (Å²) in [6, 6.07) is 8.08. The van der Waals surface area contributed by atoms with Gasteiger partial charge in [0.05, 0.1) is 0 Å². The van der Waals surface area contributed by atoms with Crippen molar-refractivity contribution in [3.63, 3.8) is 0 Å². The largest absolute Gasteiger partial charge is 0.351 e. The minimum Gasteiger partial charge on any atom is -0.351 e. The van der Waals surface area contributed by atoms with Crippen molar-refractivity contribution >= 4 is 11.8 Å². The molecule has 2 rings (SSSR count). The fourth-order valence-electron chi connectivity index (χ4n) is 2.88. The van der Waals surface area contributed by atoms with Gasteiger partial charge in [-0.05, 0) is 44.5 Å². The predicted octanol–water partition coefficient (Wildman–Crippen LogP) is 2.27. The third kappa shape index (κ3) is 5.06. The lowest BCUT2D eigenvalue weighted by Crippen LogP contribution is -2.37. The summed E-state index contributed by atoms with van der Waals surface area (Å²) < 4.78 is 0. The first-order valence-electron chi connectivity index (χ1n) is 8.86. The third-order valence-corrected chi connectivity index (χ3v) is 4.83. The van der Waals surface area contributed by atoms with Gasteiger partial charge in [0, 0.05) is 44.2 Å². The molecule has 0 aliphatic carbocycles. The number of carbonyl (C=O) groups is 2. The predicted molar refractivity (Wildman–Crippen MR) is 95.8 cm³/mol. The Morgan fingerprint density at radius 2 is 2.21 bits per heavy atom. The lowest BCUT2D eigenvalue weighted by molar-refractivity contribution is -0.128. The lowest BCUT2D eigenvalue weighted by atomic mass is 10.1. The maximum Gasteiger partial charge on any atom is 0.251 e. The van der Waals surface area contributed by atoms with Crippen molar-refractivity contribution in [2.75, 3.05) is 26.7 Å². The van der Waals surface area contributed by atoms with Crippen molar-refractivity contribution in [3.05, 3.63) is 35.4 Å². The molecule has 1 unspecified atom stereocenters. The Balaban J connectivity index is 1.86. The van der Waals surface area contributed by atoms with E-state index in [2.05, 4.69) is 31.1 Å².